The number of ether oxygens (including phenoxy) is 1. The highest BCUT2D eigenvalue weighted by Crippen LogP contribution is 2.32. The SMILES string of the molecule is COc1ccc(CCBr)cc1C(C)(C)C. The predicted molar refractivity (Wildman–Crippen MR) is 69.2 cm³/mol. The van der Waals surface area contributed by atoms with E-state index >= 15 is 0 Å². The van der Waals surface area contributed by atoms with Crippen LogP contribution >= 0.6 is 15.9 Å². The number of hydrogen-bond donors (Lipinski definition) is 0. The summed E-state index contributed by atoms with van der Waals surface area (Å²) < 4.78 is 5.39. The summed E-state index contributed by atoms with van der Waals surface area (Å²) in [5.41, 5.74) is 2.77. The zero-order valence-electron chi connectivity index (χ0n) is 9.93. The summed E-state index contributed by atoms with van der Waals surface area (Å²) >= 11 is 3.47. The Morgan fingerprint density at radius 3 is 2.40 bits per heavy atom. The zero-order valence-corrected chi connectivity index (χ0v) is 11.5. The molecule has 0 bridgehead atoms. The summed E-state index contributed by atoms with van der Waals surface area (Å²) in [6.45, 7) is 6.63. The lowest BCUT2D eigenvalue weighted by Crippen LogP contribution is -2.13. The van der Waals surface area contributed by atoms with Crippen LogP contribution in [-0.4, -0.2) is 12.4 Å². The molecular formula is C13H19BrO. The Kier molecular flexibility index (Phi) is 4.21. The number of halogens is 1. The van der Waals surface area contributed by atoms with Crippen LogP contribution in [0.3, 0.4) is 0 Å². The van der Waals surface area contributed by atoms with Gasteiger partial charge in [0.05, 0.1) is 7.11 Å². The lowest BCUT2D eigenvalue weighted by Gasteiger charge is -2.22. The van der Waals surface area contributed by atoms with Crippen molar-refractivity contribution >= 4 is 15.9 Å². The van der Waals surface area contributed by atoms with E-state index in [2.05, 4.69) is 54.9 Å². The van der Waals surface area contributed by atoms with Crippen molar-refractivity contribution in [2.24, 2.45) is 0 Å². The Hall–Kier alpha value is -0.500. The third kappa shape index (κ3) is 3.23. The molecule has 1 aromatic rings. The molecule has 0 fully saturated rings. The van der Waals surface area contributed by atoms with Crippen LogP contribution < -0.4 is 4.74 Å². The van der Waals surface area contributed by atoms with E-state index in [9.17, 15) is 0 Å². The van der Waals surface area contributed by atoms with Crippen molar-refractivity contribution in [2.45, 2.75) is 32.6 Å². The van der Waals surface area contributed by atoms with Crippen LogP contribution in [0.4, 0.5) is 0 Å². The summed E-state index contributed by atoms with van der Waals surface area (Å²) in [7, 11) is 1.73. The van der Waals surface area contributed by atoms with Gasteiger partial charge in [-0.05, 0) is 29.0 Å². The summed E-state index contributed by atoms with van der Waals surface area (Å²) in [5, 5.41) is 1.00. The van der Waals surface area contributed by atoms with Gasteiger partial charge in [0, 0.05) is 5.33 Å². The molecule has 2 heteroatoms. The first-order valence-electron chi connectivity index (χ1n) is 5.22. The maximum atomic E-state index is 5.39. The highest BCUT2D eigenvalue weighted by atomic mass is 79.9. The number of rotatable bonds is 3. The van der Waals surface area contributed by atoms with Crippen LogP contribution in [0.2, 0.25) is 0 Å². The number of benzene rings is 1. The number of alkyl halides is 1. The highest BCUT2D eigenvalue weighted by molar-refractivity contribution is 9.09. The van der Waals surface area contributed by atoms with Gasteiger partial charge in [0.25, 0.3) is 0 Å². The topological polar surface area (TPSA) is 9.23 Å². The zero-order chi connectivity index (χ0) is 11.5. The summed E-state index contributed by atoms with van der Waals surface area (Å²) in [6.07, 6.45) is 1.06. The fourth-order valence-electron chi connectivity index (χ4n) is 1.61. The van der Waals surface area contributed by atoms with E-state index < -0.39 is 0 Å². The van der Waals surface area contributed by atoms with Crippen molar-refractivity contribution in [1.29, 1.82) is 0 Å². The summed E-state index contributed by atoms with van der Waals surface area (Å²) in [4.78, 5) is 0. The number of aryl methyl sites for hydroxylation is 1. The molecule has 0 aromatic heterocycles. The average Bonchev–Trinajstić information content (AvgIpc) is 2.17. The lowest BCUT2D eigenvalue weighted by atomic mass is 9.85. The fourth-order valence-corrected chi connectivity index (χ4v) is 2.06. The van der Waals surface area contributed by atoms with Gasteiger partial charge in [-0.25, -0.2) is 0 Å². The van der Waals surface area contributed by atoms with Crippen LogP contribution in [0, 0.1) is 0 Å². The maximum absolute atomic E-state index is 5.39. The molecule has 0 aliphatic carbocycles. The molecule has 0 aliphatic heterocycles. The lowest BCUT2D eigenvalue weighted by molar-refractivity contribution is 0.397. The van der Waals surface area contributed by atoms with E-state index in [1.807, 2.05) is 0 Å². The minimum atomic E-state index is 0.133. The quantitative estimate of drug-likeness (QED) is 0.757. The summed E-state index contributed by atoms with van der Waals surface area (Å²) in [5.74, 6) is 0.987. The molecule has 0 saturated heterocycles. The fraction of sp³-hybridized carbons (Fsp3) is 0.538. The van der Waals surface area contributed by atoms with Crippen LogP contribution in [-0.2, 0) is 11.8 Å². The van der Waals surface area contributed by atoms with Gasteiger partial charge in [0.2, 0.25) is 0 Å². The van der Waals surface area contributed by atoms with Crippen molar-refractivity contribution in [1.82, 2.24) is 0 Å². The standard InChI is InChI=1S/C13H19BrO/c1-13(2,3)11-9-10(7-8-14)5-6-12(11)15-4/h5-6,9H,7-8H2,1-4H3. The van der Waals surface area contributed by atoms with E-state index in [0.717, 1.165) is 17.5 Å². The van der Waals surface area contributed by atoms with Crippen LogP contribution in [0.15, 0.2) is 18.2 Å². The second kappa shape index (κ2) is 5.02. The van der Waals surface area contributed by atoms with Gasteiger partial charge in [0.15, 0.2) is 0 Å². The normalized spacial score (nSPS) is 11.5. The van der Waals surface area contributed by atoms with E-state index in [1.165, 1.54) is 11.1 Å². The molecule has 1 rings (SSSR count). The van der Waals surface area contributed by atoms with Crippen molar-refractivity contribution in [3.8, 4) is 5.75 Å². The Morgan fingerprint density at radius 1 is 1.27 bits per heavy atom. The molecule has 0 saturated carbocycles. The molecule has 0 N–H and O–H groups in total. The molecule has 0 amide bonds. The third-order valence-electron chi connectivity index (χ3n) is 2.46. The smallest absolute Gasteiger partial charge is 0.122 e. The van der Waals surface area contributed by atoms with E-state index in [4.69, 9.17) is 4.74 Å². The van der Waals surface area contributed by atoms with Crippen LogP contribution in [0.5, 0.6) is 5.75 Å². The van der Waals surface area contributed by atoms with Crippen molar-refractivity contribution < 1.29 is 4.74 Å². The Labute approximate surface area is 101 Å². The van der Waals surface area contributed by atoms with Crippen molar-refractivity contribution in [2.75, 3.05) is 12.4 Å². The highest BCUT2D eigenvalue weighted by Gasteiger charge is 2.18. The van der Waals surface area contributed by atoms with Gasteiger partial charge in [-0.3, -0.25) is 0 Å². The first-order valence-corrected chi connectivity index (χ1v) is 6.34. The molecule has 0 unspecified atom stereocenters. The van der Waals surface area contributed by atoms with Crippen LogP contribution in [0.25, 0.3) is 0 Å². The molecule has 0 spiro atoms. The molecule has 84 valence electrons. The third-order valence-corrected chi connectivity index (χ3v) is 2.85. The van der Waals surface area contributed by atoms with Crippen molar-refractivity contribution in [3.63, 3.8) is 0 Å². The van der Waals surface area contributed by atoms with E-state index in [1.54, 1.807) is 7.11 Å². The molecule has 0 heterocycles. The number of hydrogen-bond acceptors (Lipinski definition) is 1. The van der Waals surface area contributed by atoms with Crippen LogP contribution in [0.1, 0.15) is 31.9 Å². The predicted octanol–water partition coefficient (Wildman–Crippen LogP) is 3.93. The van der Waals surface area contributed by atoms with Gasteiger partial charge in [-0.2, -0.15) is 0 Å². The van der Waals surface area contributed by atoms with E-state index in [0.29, 0.717) is 0 Å². The van der Waals surface area contributed by atoms with Gasteiger partial charge in [0.1, 0.15) is 5.75 Å². The first kappa shape index (κ1) is 12.6. The molecule has 15 heavy (non-hydrogen) atoms. The monoisotopic (exact) mass is 270 g/mol. The second-order valence-corrected chi connectivity index (χ2v) is 5.52. The molecule has 1 nitrogen and oxygen atoms in total. The van der Waals surface area contributed by atoms with Gasteiger partial charge < -0.3 is 4.74 Å². The summed E-state index contributed by atoms with van der Waals surface area (Å²) in [6, 6.07) is 6.45. The van der Waals surface area contributed by atoms with E-state index in [-0.39, 0.29) is 5.41 Å². The Bertz CT molecular complexity index is 326. The minimum absolute atomic E-state index is 0.133. The molecular weight excluding hydrogens is 252 g/mol. The molecule has 0 atom stereocenters. The Morgan fingerprint density at radius 2 is 1.93 bits per heavy atom. The minimum Gasteiger partial charge on any atom is -0.496 e. The Balaban J connectivity index is 3.13. The molecule has 0 radical (unpaired) electrons. The largest absolute Gasteiger partial charge is 0.496 e. The maximum Gasteiger partial charge on any atom is 0.122 e. The van der Waals surface area contributed by atoms with Gasteiger partial charge in [-0.15, -0.1) is 0 Å². The average molecular weight is 271 g/mol. The number of methoxy groups -OCH3 is 1. The second-order valence-electron chi connectivity index (χ2n) is 4.72. The molecule has 1 aromatic carbocycles. The first-order chi connectivity index (χ1) is 6.99. The van der Waals surface area contributed by atoms with Gasteiger partial charge >= 0.3 is 0 Å². The van der Waals surface area contributed by atoms with Crippen molar-refractivity contribution in [3.05, 3.63) is 29.3 Å². The van der Waals surface area contributed by atoms with Gasteiger partial charge in [-0.1, -0.05) is 48.8 Å². The molecule has 0 aliphatic rings.